The lowest BCUT2D eigenvalue weighted by atomic mass is 9.92. The molecule has 0 spiro atoms. The van der Waals surface area contributed by atoms with Crippen LogP contribution in [0.1, 0.15) is 52.3 Å². The minimum absolute atomic E-state index is 0.0542. The van der Waals surface area contributed by atoms with Gasteiger partial charge in [0.25, 0.3) is 0 Å². The highest BCUT2D eigenvalue weighted by Crippen LogP contribution is 2.27. The number of carbonyl (C=O) groups is 2. The monoisotopic (exact) mass is 506 g/mol. The molecule has 6 nitrogen and oxygen atoms in total. The van der Waals surface area contributed by atoms with E-state index in [2.05, 4.69) is 39.9 Å². The van der Waals surface area contributed by atoms with Crippen LogP contribution in [0.3, 0.4) is 0 Å². The average Bonchev–Trinajstić information content (AvgIpc) is 3.25. The van der Waals surface area contributed by atoms with Crippen molar-refractivity contribution in [3.63, 3.8) is 0 Å². The molecular formula is C29H35ClN4O2. The lowest BCUT2D eigenvalue weighted by Crippen LogP contribution is -2.38. The van der Waals surface area contributed by atoms with Gasteiger partial charge in [0, 0.05) is 29.1 Å². The summed E-state index contributed by atoms with van der Waals surface area (Å²) in [5.74, 6) is 0.470. The Morgan fingerprint density at radius 1 is 1.08 bits per heavy atom. The molecular weight excluding hydrogens is 472 g/mol. The molecule has 7 heteroatoms. The van der Waals surface area contributed by atoms with Crippen LogP contribution in [0, 0.1) is 5.92 Å². The molecule has 0 aliphatic carbocycles. The fourth-order valence-corrected chi connectivity index (χ4v) is 3.62. The molecule has 0 radical (unpaired) electrons. The number of rotatable bonds is 9. The zero-order valence-electron chi connectivity index (χ0n) is 21.7. The van der Waals surface area contributed by atoms with Gasteiger partial charge < -0.3 is 10.2 Å². The Bertz CT molecular complexity index is 1190. The number of benzene rings is 2. The van der Waals surface area contributed by atoms with Gasteiger partial charge in [0.2, 0.25) is 11.8 Å². The van der Waals surface area contributed by atoms with Crippen molar-refractivity contribution in [3.8, 4) is 5.69 Å². The number of nitrogens with one attached hydrogen (secondary N) is 1. The zero-order valence-corrected chi connectivity index (χ0v) is 22.4. The van der Waals surface area contributed by atoms with E-state index in [1.807, 2.05) is 48.5 Å². The topological polar surface area (TPSA) is 67.2 Å². The van der Waals surface area contributed by atoms with Crippen LogP contribution in [0.25, 0.3) is 11.8 Å². The minimum atomic E-state index is -0.282. The second-order valence-corrected chi connectivity index (χ2v) is 10.7. The molecule has 0 aliphatic rings. The van der Waals surface area contributed by atoms with Gasteiger partial charge in [-0.2, -0.15) is 5.10 Å². The summed E-state index contributed by atoms with van der Waals surface area (Å²) in [7, 11) is 0. The highest BCUT2D eigenvalue weighted by atomic mass is 35.5. The molecule has 190 valence electrons. The Kier molecular flexibility index (Phi) is 9.10. The summed E-state index contributed by atoms with van der Waals surface area (Å²) in [6.07, 6.45) is 4.10. The molecule has 1 N–H and O–H groups in total. The van der Waals surface area contributed by atoms with Crippen molar-refractivity contribution in [1.82, 2.24) is 14.7 Å². The van der Waals surface area contributed by atoms with Crippen molar-refractivity contribution >= 4 is 35.3 Å². The first-order valence-electron chi connectivity index (χ1n) is 12.2. The van der Waals surface area contributed by atoms with Crippen molar-refractivity contribution in [1.29, 1.82) is 0 Å². The van der Waals surface area contributed by atoms with E-state index in [4.69, 9.17) is 16.7 Å². The number of nitrogens with zero attached hydrogens (tertiary/aromatic N) is 3. The molecule has 1 heterocycles. The second kappa shape index (κ2) is 12.0. The molecule has 0 unspecified atom stereocenters. The molecule has 3 aromatic rings. The Hall–Kier alpha value is -3.38. The van der Waals surface area contributed by atoms with E-state index in [0.29, 0.717) is 23.3 Å². The maximum atomic E-state index is 13.2. The van der Waals surface area contributed by atoms with Crippen LogP contribution in [-0.2, 0) is 15.0 Å². The first-order chi connectivity index (χ1) is 17.0. The maximum Gasteiger partial charge on any atom is 0.247 e. The van der Waals surface area contributed by atoms with E-state index in [1.165, 1.54) is 6.08 Å². The first kappa shape index (κ1) is 27.2. The molecule has 3 rings (SSSR count). The van der Waals surface area contributed by atoms with Crippen molar-refractivity contribution in [3.05, 3.63) is 83.0 Å². The van der Waals surface area contributed by atoms with Crippen molar-refractivity contribution < 1.29 is 9.59 Å². The minimum Gasteiger partial charge on any atom is -0.330 e. The standard InChI is InChI=1S/C29H35ClN4O2/c1-21(2)17-18-33(28(36)16-11-22-9-7-6-8-10-22)20-27(35)31-26-19-25(29(3,4)5)32-34(26)24-14-12-23(30)13-15-24/h6-16,19,21H,17-18,20H2,1-5H3,(H,31,35). The van der Waals surface area contributed by atoms with Crippen LogP contribution in [0.15, 0.2) is 66.7 Å². The molecule has 0 aliphatic heterocycles. The van der Waals surface area contributed by atoms with Gasteiger partial charge in [-0.15, -0.1) is 0 Å². The molecule has 1 aromatic heterocycles. The van der Waals surface area contributed by atoms with Gasteiger partial charge >= 0.3 is 0 Å². The maximum absolute atomic E-state index is 13.2. The summed E-state index contributed by atoms with van der Waals surface area (Å²) in [6, 6.07) is 18.8. The van der Waals surface area contributed by atoms with Gasteiger partial charge in [-0.05, 0) is 48.2 Å². The number of hydrogen-bond donors (Lipinski definition) is 1. The number of hydrogen-bond acceptors (Lipinski definition) is 3. The fraction of sp³-hybridized carbons (Fsp3) is 0.345. The van der Waals surface area contributed by atoms with E-state index >= 15 is 0 Å². The van der Waals surface area contributed by atoms with E-state index in [-0.39, 0.29) is 23.8 Å². The Morgan fingerprint density at radius 2 is 1.75 bits per heavy atom. The second-order valence-electron chi connectivity index (χ2n) is 10.3. The molecule has 2 aromatic carbocycles. The predicted molar refractivity (Wildman–Crippen MR) is 147 cm³/mol. The van der Waals surface area contributed by atoms with Crippen LogP contribution in [0.4, 0.5) is 5.82 Å². The Labute approximate surface area is 219 Å². The van der Waals surface area contributed by atoms with Crippen LogP contribution in [0.5, 0.6) is 0 Å². The smallest absolute Gasteiger partial charge is 0.247 e. The Morgan fingerprint density at radius 3 is 2.36 bits per heavy atom. The highest BCUT2D eigenvalue weighted by molar-refractivity contribution is 6.30. The summed E-state index contributed by atoms with van der Waals surface area (Å²) in [6.45, 7) is 10.8. The van der Waals surface area contributed by atoms with Gasteiger partial charge in [-0.25, -0.2) is 4.68 Å². The molecule has 0 saturated carbocycles. The summed E-state index contributed by atoms with van der Waals surface area (Å²) in [5, 5.41) is 8.33. The molecule has 0 fully saturated rings. The number of carbonyl (C=O) groups excluding carboxylic acids is 2. The van der Waals surface area contributed by atoms with Gasteiger partial charge in [0.15, 0.2) is 0 Å². The van der Waals surface area contributed by atoms with E-state index in [0.717, 1.165) is 23.4 Å². The zero-order chi connectivity index (χ0) is 26.3. The predicted octanol–water partition coefficient (Wildman–Crippen LogP) is 6.35. The normalized spacial score (nSPS) is 11.8. The van der Waals surface area contributed by atoms with E-state index < -0.39 is 0 Å². The average molecular weight is 507 g/mol. The molecule has 36 heavy (non-hydrogen) atoms. The number of amides is 2. The number of anilines is 1. The summed E-state index contributed by atoms with van der Waals surface area (Å²) in [5.41, 5.74) is 2.34. The van der Waals surface area contributed by atoms with Crippen molar-refractivity contribution in [2.75, 3.05) is 18.4 Å². The molecule has 2 amide bonds. The lowest BCUT2D eigenvalue weighted by Gasteiger charge is -2.22. The van der Waals surface area contributed by atoms with Gasteiger partial charge in [-0.3, -0.25) is 9.59 Å². The SMILES string of the molecule is CC(C)CCN(CC(=O)Nc1cc(C(C)(C)C)nn1-c1ccc(Cl)cc1)C(=O)C=Cc1ccccc1. The van der Waals surface area contributed by atoms with E-state index in [9.17, 15) is 9.59 Å². The largest absolute Gasteiger partial charge is 0.330 e. The summed E-state index contributed by atoms with van der Waals surface area (Å²) >= 11 is 6.06. The first-order valence-corrected chi connectivity index (χ1v) is 12.6. The third kappa shape index (κ3) is 7.82. The third-order valence-electron chi connectivity index (χ3n) is 5.66. The Balaban J connectivity index is 1.81. The third-order valence-corrected chi connectivity index (χ3v) is 5.91. The van der Waals surface area contributed by atoms with Gasteiger partial charge in [-0.1, -0.05) is 76.6 Å². The van der Waals surface area contributed by atoms with Crippen LogP contribution >= 0.6 is 11.6 Å². The van der Waals surface area contributed by atoms with Crippen molar-refractivity contribution in [2.45, 2.75) is 46.5 Å². The van der Waals surface area contributed by atoms with E-state index in [1.54, 1.807) is 27.8 Å². The van der Waals surface area contributed by atoms with Crippen LogP contribution in [0.2, 0.25) is 5.02 Å². The lowest BCUT2D eigenvalue weighted by molar-refractivity contribution is -0.130. The molecule has 0 atom stereocenters. The molecule has 0 bridgehead atoms. The van der Waals surface area contributed by atoms with Crippen molar-refractivity contribution in [2.24, 2.45) is 5.92 Å². The quantitative estimate of drug-likeness (QED) is 0.344. The van der Waals surface area contributed by atoms with Crippen LogP contribution in [-0.4, -0.2) is 39.6 Å². The van der Waals surface area contributed by atoms with Crippen LogP contribution < -0.4 is 5.32 Å². The van der Waals surface area contributed by atoms with Gasteiger partial charge in [0.05, 0.1) is 11.4 Å². The molecule has 0 saturated heterocycles. The summed E-state index contributed by atoms with van der Waals surface area (Å²) < 4.78 is 1.70. The fourth-order valence-electron chi connectivity index (χ4n) is 3.49. The number of aromatic nitrogens is 2. The van der Waals surface area contributed by atoms with Gasteiger partial charge in [0.1, 0.15) is 12.4 Å². The highest BCUT2D eigenvalue weighted by Gasteiger charge is 2.23. The number of halogens is 1. The summed E-state index contributed by atoms with van der Waals surface area (Å²) in [4.78, 5) is 27.7.